The number of anilines is 1. The maximum atomic E-state index is 13.3. The van der Waals surface area contributed by atoms with Crippen LogP contribution < -0.4 is 11.0 Å². The van der Waals surface area contributed by atoms with Crippen LogP contribution in [-0.4, -0.2) is 44.3 Å². The van der Waals surface area contributed by atoms with Gasteiger partial charge in [0.15, 0.2) is 0 Å². The maximum absolute atomic E-state index is 13.3. The summed E-state index contributed by atoms with van der Waals surface area (Å²) in [6.07, 6.45) is -4.07. The molecule has 0 unspecified atom stereocenters. The van der Waals surface area contributed by atoms with Gasteiger partial charge in [-0.1, -0.05) is 0 Å². The number of nitrogens with one attached hydrogen (secondary N) is 2. The van der Waals surface area contributed by atoms with Crippen molar-refractivity contribution in [3.8, 4) is 0 Å². The van der Waals surface area contributed by atoms with Crippen LogP contribution in [0.15, 0.2) is 23.0 Å². The van der Waals surface area contributed by atoms with Gasteiger partial charge in [0.1, 0.15) is 11.2 Å². The molecule has 178 valence electrons. The predicted octanol–water partition coefficient (Wildman–Crippen LogP) is 4.22. The first kappa shape index (κ1) is 22.9. The largest absolute Gasteiger partial charge is 0.761 e. The number of aromatic amines is 1. The lowest BCUT2D eigenvalue weighted by atomic mass is 9.93. The number of aromatic nitrogens is 3. The summed E-state index contributed by atoms with van der Waals surface area (Å²) >= 11 is 0. The fourth-order valence-corrected chi connectivity index (χ4v) is 4.09. The number of H-pyrrole nitrogens is 1. The number of carbonyl (C=O) groups excluding carboxylic acids is 1. The van der Waals surface area contributed by atoms with Gasteiger partial charge in [-0.15, -0.1) is 0 Å². The van der Waals surface area contributed by atoms with Gasteiger partial charge in [-0.05, 0) is 45.7 Å². The summed E-state index contributed by atoms with van der Waals surface area (Å²) in [4.78, 5) is 28.9. The van der Waals surface area contributed by atoms with E-state index in [4.69, 9.17) is 4.74 Å². The molecular formula is C21H23F3N5O4-. The summed E-state index contributed by atoms with van der Waals surface area (Å²) in [5.41, 5.74) is -0.347. The second-order valence-corrected chi connectivity index (χ2v) is 9.08. The Morgan fingerprint density at radius 3 is 2.45 bits per heavy atom. The Labute approximate surface area is 186 Å². The average molecular weight is 466 g/mol. The highest BCUT2D eigenvalue weighted by Gasteiger charge is 2.33. The summed E-state index contributed by atoms with van der Waals surface area (Å²) in [6.45, 7) is 6.12. The molecule has 0 saturated carbocycles. The Morgan fingerprint density at radius 2 is 1.88 bits per heavy atom. The minimum absolute atomic E-state index is 0.0718. The van der Waals surface area contributed by atoms with Gasteiger partial charge >= 0.3 is 12.3 Å². The van der Waals surface area contributed by atoms with Crippen molar-refractivity contribution in [2.24, 2.45) is 0 Å². The zero-order chi connectivity index (χ0) is 24.1. The molecule has 1 saturated heterocycles. The number of piperidine rings is 1. The normalized spacial score (nSPS) is 15.9. The van der Waals surface area contributed by atoms with E-state index < -0.39 is 29.0 Å². The van der Waals surface area contributed by atoms with Gasteiger partial charge < -0.3 is 25.3 Å². The maximum Gasteiger partial charge on any atom is 0.416 e. The first-order valence-corrected chi connectivity index (χ1v) is 10.4. The molecule has 12 heteroatoms. The lowest BCUT2D eigenvalue weighted by molar-refractivity contribution is -0.137. The molecule has 0 spiro atoms. The molecule has 3 aromatic rings. The van der Waals surface area contributed by atoms with Crippen LogP contribution in [0.3, 0.4) is 0 Å². The molecule has 0 radical (unpaired) electrons. The monoisotopic (exact) mass is 466 g/mol. The van der Waals surface area contributed by atoms with E-state index in [1.165, 1.54) is 16.1 Å². The topological polar surface area (TPSA) is 115 Å². The van der Waals surface area contributed by atoms with Gasteiger partial charge in [-0.2, -0.15) is 18.3 Å². The predicted molar refractivity (Wildman–Crippen MR) is 115 cm³/mol. The highest BCUT2D eigenvalue weighted by atomic mass is 19.4. The highest BCUT2D eigenvalue weighted by Crippen LogP contribution is 2.37. The number of hydrogen-bond acceptors (Lipinski definition) is 6. The van der Waals surface area contributed by atoms with E-state index >= 15 is 0 Å². The number of nitrogens with zero attached hydrogens (tertiary/aromatic N) is 3. The third kappa shape index (κ3) is 4.47. The molecule has 1 fully saturated rings. The zero-order valence-electron chi connectivity index (χ0n) is 18.2. The van der Waals surface area contributed by atoms with Gasteiger partial charge in [0.25, 0.3) is 5.56 Å². The molecule has 2 N–H and O–H groups in total. The summed E-state index contributed by atoms with van der Waals surface area (Å²) in [6, 6.07) is 2.89. The van der Waals surface area contributed by atoms with E-state index in [1.807, 2.05) is 0 Å². The second-order valence-electron chi connectivity index (χ2n) is 9.08. The summed E-state index contributed by atoms with van der Waals surface area (Å²) < 4.78 is 46.6. The molecule has 4 rings (SSSR count). The molecule has 0 bridgehead atoms. The van der Waals surface area contributed by atoms with Crippen LogP contribution >= 0.6 is 0 Å². The first-order chi connectivity index (χ1) is 15.4. The van der Waals surface area contributed by atoms with Crippen LogP contribution in [0.5, 0.6) is 0 Å². The van der Waals surface area contributed by atoms with Crippen molar-refractivity contribution in [1.82, 2.24) is 19.5 Å². The van der Waals surface area contributed by atoms with Crippen molar-refractivity contribution >= 4 is 28.3 Å². The van der Waals surface area contributed by atoms with Gasteiger partial charge in [-0.25, -0.2) is 9.31 Å². The fourth-order valence-electron chi connectivity index (χ4n) is 4.09. The third-order valence-electron chi connectivity index (χ3n) is 5.54. The third-order valence-corrected chi connectivity index (χ3v) is 5.54. The van der Waals surface area contributed by atoms with E-state index in [1.54, 1.807) is 25.7 Å². The van der Waals surface area contributed by atoms with Crippen LogP contribution in [0.2, 0.25) is 0 Å². The molecule has 1 aliphatic rings. The van der Waals surface area contributed by atoms with Crippen LogP contribution in [0.1, 0.15) is 50.8 Å². The Kier molecular flexibility index (Phi) is 5.51. The molecule has 1 aromatic carbocycles. The fraction of sp³-hybridized carbons (Fsp3) is 0.476. The van der Waals surface area contributed by atoms with Crippen LogP contribution in [-0.2, 0) is 10.9 Å². The Hall–Kier alpha value is -3.28. The van der Waals surface area contributed by atoms with Crippen molar-refractivity contribution in [2.75, 3.05) is 18.6 Å². The van der Waals surface area contributed by atoms with Gasteiger partial charge in [-0.3, -0.25) is 4.79 Å². The minimum Gasteiger partial charge on any atom is -0.761 e. The van der Waals surface area contributed by atoms with Gasteiger partial charge in [0, 0.05) is 30.8 Å². The van der Waals surface area contributed by atoms with E-state index in [0.29, 0.717) is 37.7 Å². The molecule has 0 atom stereocenters. The summed E-state index contributed by atoms with van der Waals surface area (Å²) in [5, 5.41) is 15.8. The minimum atomic E-state index is -4.67. The standard InChI is InChI=1S/C21H23F3N5O4/c1-20(2,3)33-19(31)28-6-4-11(5-7-28)15-10-16(30)25-18-17-13(26-29(15)18)8-12(21(22,23)24)9-14(17)27-32/h8-11,27H,4-7H2,1-3H3,(H,25,30)/q-1. The Bertz CT molecular complexity index is 1270. The molecule has 0 aliphatic carbocycles. The second kappa shape index (κ2) is 7.94. The SMILES string of the molecule is CC(C)(C)OC(=O)N1CCC(c2cc(=O)[nH]c3c4c(N[O-])cc(C(F)(F)F)cc4nn23)CC1. The molecular weight excluding hydrogens is 443 g/mol. The smallest absolute Gasteiger partial charge is 0.416 e. The highest BCUT2D eigenvalue weighted by molar-refractivity contribution is 6.02. The Balaban J connectivity index is 1.72. The number of ether oxygens (including phenoxy) is 1. The molecule has 1 amide bonds. The number of carbonyl (C=O) groups is 1. The van der Waals surface area contributed by atoms with Gasteiger partial charge in [0.05, 0.1) is 22.2 Å². The summed E-state index contributed by atoms with van der Waals surface area (Å²) in [7, 11) is 0. The number of rotatable bonds is 2. The molecule has 1 aliphatic heterocycles. The molecule has 2 aromatic heterocycles. The quantitative estimate of drug-likeness (QED) is 0.547. The van der Waals surface area contributed by atoms with E-state index in [9.17, 15) is 28.0 Å². The van der Waals surface area contributed by atoms with E-state index in [-0.39, 0.29) is 28.2 Å². The first-order valence-electron chi connectivity index (χ1n) is 10.4. The number of benzene rings is 1. The van der Waals surface area contributed by atoms with Crippen molar-refractivity contribution in [2.45, 2.75) is 51.3 Å². The average Bonchev–Trinajstić information content (AvgIpc) is 3.09. The lowest BCUT2D eigenvalue weighted by Gasteiger charge is -2.33. The van der Waals surface area contributed by atoms with Crippen LogP contribution in [0.25, 0.3) is 16.6 Å². The van der Waals surface area contributed by atoms with Crippen molar-refractivity contribution in [1.29, 1.82) is 0 Å². The Morgan fingerprint density at radius 1 is 1.21 bits per heavy atom. The van der Waals surface area contributed by atoms with Crippen molar-refractivity contribution in [3.05, 3.63) is 45.0 Å². The zero-order valence-corrected chi connectivity index (χ0v) is 18.2. The van der Waals surface area contributed by atoms with Crippen LogP contribution in [0.4, 0.5) is 23.7 Å². The van der Waals surface area contributed by atoms with Crippen molar-refractivity contribution < 1.29 is 22.7 Å². The van der Waals surface area contributed by atoms with Crippen molar-refractivity contribution in [3.63, 3.8) is 0 Å². The number of amides is 1. The molecule has 33 heavy (non-hydrogen) atoms. The number of halogens is 3. The lowest BCUT2D eigenvalue weighted by Crippen LogP contribution is -2.41. The molecule has 9 nitrogen and oxygen atoms in total. The number of likely N-dealkylation sites (tertiary alicyclic amines) is 1. The van der Waals surface area contributed by atoms with E-state index in [2.05, 4.69) is 10.1 Å². The number of alkyl halides is 3. The molecule has 3 heterocycles. The van der Waals surface area contributed by atoms with Crippen LogP contribution in [0, 0.1) is 5.21 Å². The number of fused-ring (bicyclic) bond motifs is 3. The van der Waals surface area contributed by atoms with E-state index in [0.717, 1.165) is 6.07 Å². The van der Waals surface area contributed by atoms with Gasteiger partial charge in [0.2, 0.25) is 0 Å². The number of hydrogen-bond donors (Lipinski definition) is 2. The summed E-state index contributed by atoms with van der Waals surface area (Å²) in [5.74, 6) is -0.173.